The number of aliphatic hydroxyl groups excluding tert-OH is 1. The third kappa shape index (κ3) is 3.47. The van der Waals surface area contributed by atoms with E-state index in [0.717, 1.165) is 25.7 Å². The molecule has 0 aliphatic heterocycles. The third-order valence-electron chi connectivity index (χ3n) is 3.07. The first kappa shape index (κ1) is 12.5. The molecule has 0 heterocycles. The second-order valence-corrected chi connectivity index (χ2v) is 4.27. The molecule has 0 spiro atoms. The quantitative estimate of drug-likeness (QED) is 0.600. The molecule has 1 fully saturated rings. The molecule has 88 valence electrons. The SMILES string of the molecule is CCCC(NC)C(O)C(=O)NC1CCC1. The molecule has 15 heavy (non-hydrogen) atoms. The van der Waals surface area contributed by atoms with Gasteiger partial charge in [-0.25, -0.2) is 0 Å². The summed E-state index contributed by atoms with van der Waals surface area (Å²) in [6.07, 6.45) is 4.14. The smallest absolute Gasteiger partial charge is 0.250 e. The molecule has 2 atom stereocenters. The molecule has 0 aromatic heterocycles. The van der Waals surface area contributed by atoms with E-state index < -0.39 is 6.10 Å². The first-order chi connectivity index (χ1) is 7.19. The van der Waals surface area contributed by atoms with Gasteiger partial charge in [0.1, 0.15) is 6.10 Å². The number of likely N-dealkylation sites (N-methyl/N-ethyl adjacent to an activating group) is 1. The number of aliphatic hydroxyl groups is 1. The minimum absolute atomic E-state index is 0.130. The second kappa shape index (κ2) is 6.08. The van der Waals surface area contributed by atoms with Crippen LogP contribution in [0.25, 0.3) is 0 Å². The predicted molar refractivity (Wildman–Crippen MR) is 59.5 cm³/mol. The van der Waals surface area contributed by atoms with Crippen molar-refractivity contribution in [2.24, 2.45) is 0 Å². The number of hydrogen-bond acceptors (Lipinski definition) is 3. The van der Waals surface area contributed by atoms with Crippen molar-refractivity contribution in [3.8, 4) is 0 Å². The topological polar surface area (TPSA) is 61.4 Å². The molecule has 1 rings (SSSR count). The number of nitrogens with one attached hydrogen (secondary N) is 2. The average Bonchev–Trinajstić information content (AvgIpc) is 2.18. The second-order valence-electron chi connectivity index (χ2n) is 4.27. The highest BCUT2D eigenvalue weighted by molar-refractivity contribution is 5.81. The third-order valence-corrected chi connectivity index (χ3v) is 3.07. The van der Waals surface area contributed by atoms with Gasteiger partial charge in [0.15, 0.2) is 0 Å². The first-order valence-corrected chi connectivity index (χ1v) is 5.84. The van der Waals surface area contributed by atoms with Gasteiger partial charge in [0.05, 0.1) is 0 Å². The zero-order chi connectivity index (χ0) is 11.3. The van der Waals surface area contributed by atoms with Crippen molar-refractivity contribution in [1.29, 1.82) is 0 Å². The van der Waals surface area contributed by atoms with E-state index in [1.807, 2.05) is 6.92 Å². The minimum atomic E-state index is -0.921. The van der Waals surface area contributed by atoms with Gasteiger partial charge >= 0.3 is 0 Å². The largest absolute Gasteiger partial charge is 0.382 e. The van der Waals surface area contributed by atoms with Crippen molar-refractivity contribution in [3.63, 3.8) is 0 Å². The summed E-state index contributed by atoms with van der Waals surface area (Å²) in [4.78, 5) is 11.6. The van der Waals surface area contributed by atoms with Gasteiger partial charge in [-0.15, -0.1) is 0 Å². The van der Waals surface area contributed by atoms with Crippen LogP contribution in [0.1, 0.15) is 39.0 Å². The monoisotopic (exact) mass is 214 g/mol. The van der Waals surface area contributed by atoms with Gasteiger partial charge in [0.2, 0.25) is 0 Å². The maximum atomic E-state index is 11.6. The molecule has 1 saturated carbocycles. The molecule has 0 bridgehead atoms. The van der Waals surface area contributed by atoms with Crippen LogP contribution in [-0.2, 0) is 4.79 Å². The Morgan fingerprint density at radius 3 is 2.60 bits per heavy atom. The van der Waals surface area contributed by atoms with E-state index >= 15 is 0 Å². The lowest BCUT2D eigenvalue weighted by molar-refractivity contribution is -0.132. The van der Waals surface area contributed by atoms with Crippen LogP contribution in [0.5, 0.6) is 0 Å². The van der Waals surface area contributed by atoms with Crippen LogP contribution in [0.4, 0.5) is 0 Å². The summed E-state index contributed by atoms with van der Waals surface area (Å²) < 4.78 is 0. The lowest BCUT2D eigenvalue weighted by Crippen LogP contribution is -2.51. The van der Waals surface area contributed by atoms with E-state index in [4.69, 9.17) is 0 Å². The van der Waals surface area contributed by atoms with Crippen LogP contribution in [0.15, 0.2) is 0 Å². The molecule has 1 aliphatic rings. The van der Waals surface area contributed by atoms with Crippen molar-refractivity contribution in [1.82, 2.24) is 10.6 Å². The normalized spacial score (nSPS) is 20.5. The summed E-state index contributed by atoms with van der Waals surface area (Å²) in [5.41, 5.74) is 0. The van der Waals surface area contributed by atoms with E-state index in [1.165, 1.54) is 6.42 Å². The van der Waals surface area contributed by atoms with Gasteiger partial charge in [0.25, 0.3) is 5.91 Å². The van der Waals surface area contributed by atoms with Crippen LogP contribution < -0.4 is 10.6 Å². The number of rotatable bonds is 6. The fraction of sp³-hybridized carbons (Fsp3) is 0.909. The standard InChI is InChI=1S/C11H22N2O2/c1-3-5-9(12-2)10(14)11(15)13-8-6-4-7-8/h8-10,12,14H,3-7H2,1-2H3,(H,13,15). The molecule has 4 nitrogen and oxygen atoms in total. The van der Waals surface area contributed by atoms with Crippen molar-refractivity contribution in [2.75, 3.05) is 7.05 Å². The van der Waals surface area contributed by atoms with E-state index in [0.29, 0.717) is 6.04 Å². The van der Waals surface area contributed by atoms with Crippen molar-refractivity contribution in [3.05, 3.63) is 0 Å². The van der Waals surface area contributed by atoms with Crippen molar-refractivity contribution >= 4 is 5.91 Å². The zero-order valence-electron chi connectivity index (χ0n) is 9.62. The Labute approximate surface area is 91.4 Å². The molecule has 2 unspecified atom stereocenters. The summed E-state index contributed by atoms with van der Waals surface area (Å²) >= 11 is 0. The van der Waals surface area contributed by atoms with Gasteiger partial charge in [-0.3, -0.25) is 4.79 Å². The number of hydrogen-bond donors (Lipinski definition) is 3. The minimum Gasteiger partial charge on any atom is -0.382 e. The Hall–Kier alpha value is -0.610. The fourth-order valence-corrected chi connectivity index (χ4v) is 1.79. The number of carbonyl (C=O) groups is 1. The van der Waals surface area contributed by atoms with Crippen LogP contribution >= 0.6 is 0 Å². The molecule has 1 amide bonds. The van der Waals surface area contributed by atoms with Crippen LogP contribution in [-0.4, -0.2) is 36.2 Å². The molecule has 1 aliphatic carbocycles. The van der Waals surface area contributed by atoms with E-state index in [1.54, 1.807) is 7.05 Å². The van der Waals surface area contributed by atoms with Crippen LogP contribution in [0.3, 0.4) is 0 Å². The Balaban J connectivity index is 2.34. The maximum Gasteiger partial charge on any atom is 0.250 e. The van der Waals surface area contributed by atoms with E-state index in [-0.39, 0.29) is 11.9 Å². The molecule has 0 saturated heterocycles. The Kier molecular flexibility index (Phi) is 5.05. The zero-order valence-corrected chi connectivity index (χ0v) is 9.62. The number of amides is 1. The summed E-state index contributed by atoms with van der Waals surface area (Å²) in [6.45, 7) is 2.04. The highest BCUT2D eigenvalue weighted by atomic mass is 16.3. The van der Waals surface area contributed by atoms with E-state index in [2.05, 4.69) is 10.6 Å². The first-order valence-electron chi connectivity index (χ1n) is 5.84. The van der Waals surface area contributed by atoms with Gasteiger partial charge < -0.3 is 15.7 Å². The highest BCUT2D eigenvalue weighted by Gasteiger charge is 2.27. The van der Waals surface area contributed by atoms with Gasteiger partial charge in [-0.2, -0.15) is 0 Å². The highest BCUT2D eigenvalue weighted by Crippen LogP contribution is 2.18. The fourth-order valence-electron chi connectivity index (χ4n) is 1.79. The predicted octanol–water partition coefficient (Wildman–Crippen LogP) is 0.404. The Bertz CT molecular complexity index is 205. The van der Waals surface area contributed by atoms with Gasteiger partial charge in [-0.1, -0.05) is 13.3 Å². The van der Waals surface area contributed by atoms with Crippen molar-refractivity contribution in [2.45, 2.75) is 57.2 Å². The lowest BCUT2D eigenvalue weighted by atomic mass is 9.92. The molecule has 0 radical (unpaired) electrons. The summed E-state index contributed by atoms with van der Waals surface area (Å²) in [5.74, 6) is -0.229. The number of carbonyl (C=O) groups excluding carboxylic acids is 1. The van der Waals surface area contributed by atoms with E-state index in [9.17, 15) is 9.90 Å². The summed E-state index contributed by atoms with van der Waals surface area (Å²) in [5, 5.41) is 15.6. The molecule has 3 N–H and O–H groups in total. The van der Waals surface area contributed by atoms with Gasteiger partial charge in [-0.05, 0) is 32.7 Å². The molecule has 4 heteroatoms. The summed E-state index contributed by atoms with van der Waals surface area (Å²) in [6, 6.07) is 0.168. The maximum absolute atomic E-state index is 11.6. The summed E-state index contributed by atoms with van der Waals surface area (Å²) in [7, 11) is 1.78. The van der Waals surface area contributed by atoms with Crippen LogP contribution in [0, 0.1) is 0 Å². The molecule has 0 aromatic carbocycles. The Morgan fingerprint density at radius 1 is 1.53 bits per heavy atom. The molecule has 0 aromatic rings. The van der Waals surface area contributed by atoms with Gasteiger partial charge in [0, 0.05) is 12.1 Å². The average molecular weight is 214 g/mol. The lowest BCUT2D eigenvalue weighted by Gasteiger charge is -2.29. The van der Waals surface area contributed by atoms with Crippen LogP contribution in [0.2, 0.25) is 0 Å². The molecular weight excluding hydrogens is 192 g/mol. The Morgan fingerprint density at radius 2 is 2.20 bits per heavy atom. The van der Waals surface area contributed by atoms with Crippen molar-refractivity contribution < 1.29 is 9.90 Å². The molecular formula is C11H22N2O2.